The molecule has 0 radical (unpaired) electrons. The number of aromatic amines is 1. The average molecular weight is 1160 g/mol. The number of sulfonamides is 1. The molecule has 0 aliphatic rings. The maximum Gasteiger partial charge on any atom is 0.326 e. The van der Waals surface area contributed by atoms with Gasteiger partial charge in [-0.15, -0.1) is 10.2 Å². The summed E-state index contributed by atoms with van der Waals surface area (Å²) in [5.74, 6) is -8.94. The number of amides is 5. The Bertz CT molecular complexity index is 2340. The molecule has 5 amide bonds. The van der Waals surface area contributed by atoms with Crippen LogP contribution in [-0.2, 0) is 78.5 Å². The minimum absolute atomic E-state index is 0.00190. The molecule has 1 aromatic carbocycles. The number of hydrogen-bond donors (Lipinski definition) is 10. The summed E-state index contributed by atoms with van der Waals surface area (Å²) in [6, 6.07) is 4.54. The standard InChI is InChI=1S/C50H78N10O19S/c1-2-3-22-51-37-17-14-35(15-18-37)47(67)53-23-5-4-10-40(49(70)71)55-46(66)34-79-30-27-76-25-7-9-38(61)19-20-41(50(72)73)54-44(64)21-16-36(48(68)69)32-39(62)33-78-29-28-77-26-24-52-43(63)13-8-31-80(74,75)58-45(65)12-6-11-42-56-59-60-57-42/h14-15,17-18,36,40-41,51H,2-13,16,19-34H2,1H3,(H,52,63)(H,53,67)(H,54,64)(H,55,66)(H,58,65)(H,68,69)(H,70,71)(H,72,73)(H,56,57,59,60)/t36-,40+,41?/m1/s1. The molecule has 0 aliphatic heterocycles. The van der Waals surface area contributed by atoms with Gasteiger partial charge in [-0.05, 0) is 82.1 Å². The Morgan fingerprint density at radius 3 is 1.93 bits per heavy atom. The smallest absolute Gasteiger partial charge is 0.326 e. The number of nitrogens with zero attached hydrogens (tertiary/aromatic N) is 3. The Morgan fingerprint density at radius 2 is 1.25 bits per heavy atom. The van der Waals surface area contributed by atoms with Crippen LogP contribution in [0.2, 0.25) is 0 Å². The number of carbonyl (C=O) groups excluding carboxylic acids is 7. The maximum absolute atomic E-state index is 12.6. The number of anilines is 1. The van der Waals surface area contributed by atoms with Gasteiger partial charge in [0.25, 0.3) is 5.91 Å². The van der Waals surface area contributed by atoms with Crippen molar-refractivity contribution in [3.05, 3.63) is 35.7 Å². The maximum atomic E-state index is 12.6. The topological polar surface area (TPSA) is 429 Å². The number of hydrogen-bond acceptors (Lipinski definition) is 20. The minimum Gasteiger partial charge on any atom is -0.481 e. The lowest BCUT2D eigenvalue weighted by atomic mass is 9.97. The van der Waals surface area contributed by atoms with Gasteiger partial charge in [0, 0.05) is 82.4 Å². The van der Waals surface area contributed by atoms with E-state index in [2.05, 4.69) is 54.1 Å². The van der Waals surface area contributed by atoms with E-state index >= 15 is 0 Å². The number of carboxylic acids is 3. The zero-order valence-corrected chi connectivity index (χ0v) is 46.0. The molecule has 0 fully saturated rings. The highest BCUT2D eigenvalue weighted by molar-refractivity contribution is 7.90. The number of carbonyl (C=O) groups is 10. The van der Waals surface area contributed by atoms with Gasteiger partial charge in [0.05, 0.1) is 44.7 Å². The van der Waals surface area contributed by atoms with Gasteiger partial charge in [-0.3, -0.25) is 43.1 Å². The molecule has 3 atom stereocenters. The van der Waals surface area contributed by atoms with Gasteiger partial charge in [0.2, 0.25) is 33.7 Å². The van der Waals surface area contributed by atoms with Crippen molar-refractivity contribution in [1.82, 2.24) is 46.6 Å². The Balaban J connectivity index is 1.49. The highest BCUT2D eigenvalue weighted by Gasteiger charge is 2.26. The number of benzene rings is 1. The number of aliphatic carboxylic acids is 3. The molecule has 0 saturated carbocycles. The van der Waals surface area contributed by atoms with Crippen LogP contribution in [0.25, 0.3) is 0 Å². The van der Waals surface area contributed by atoms with Crippen molar-refractivity contribution in [3.8, 4) is 0 Å². The van der Waals surface area contributed by atoms with Gasteiger partial charge in [0.1, 0.15) is 31.1 Å². The summed E-state index contributed by atoms with van der Waals surface area (Å²) in [4.78, 5) is 122. The molecule has 1 aromatic heterocycles. The van der Waals surface area contributed by atoms with Gasteiger partial charge >= 0.3 is 17.9 Å². The van der Waals surface area contributed by atoms with Crippen LogP contribution in [0.1, 0.15) is 126 Å². The van der Waals surface area contributed by atoms with E-state index in [0.717, 1.165) is 25.1 Å². The number of rotatable bonds is 49. The van der Waals surface area contributed by atoms with E-state index in [1.54, 1.807) is 12.1 Å². The van der Waals surface area contributed by atoms with Crippen LogP contribution in [0, 0.1) is 5.92 Å². The third kappa shape index (κ3) is 34.1. The highest BCUT2D eigenvalue weighted by atomic mass is 32.2. The van der Waals surface area contributed by atoms with Gasteiger partial charge in [-0.1, -0.05) is 18.6 Å². The molecule has 1 unspecified atom stereocenters. The molecule has 2 aromatic rings. The molecule has 0 spiro atoms. The lowest BCUT2D eigenvalue weighted by Gasteiger charge is -2.16. The van der Waals surface area contributed by atoms with Gasteiger partial charge in [-0.2, -0.15) is 5.21 Å². The van der Waals surface area contributed by atoms with Crippen molar-refractivity contribution in [3.63, 3.8) is 0 Å². The van der Waals surface area contributed by atoms with Crippen molar-refractivity contribution in [1.29, 1.82) is 0 Å². The Morgan fingerprint density at radius 1 is 0.588 bits per heavy atom. The van der Waals surface area contributed by atoms with Crippen LogP contribution in [0.4, 0.5) is 5.69 Å². The minimum atomic E-state index is -3.93. The Kier molecular flexibility index (Phi) is 35.5. The molecule has 2 rings (SSSR count). The lowest BCUT2D eigenvalue weighted by Crippen LogP contribution is -2.42. The van der Waals surface area contributed by atoms with E-state index < -0.39 is 107 Å². The predicted molar refractivity (Wildman–Crippen MR) is 283 cm³/mol. The summed E-state index contributed by atoms with van der Waals surface area (Å²) in [5, 5.41) is 55.3. The van der Waals surface area contributed by atoms with Gasteiger partial charge in [0.15, 0.2) is 11.6 Å². The van der Waals surface area contributed by atoms with Crippen LogP contribution in [0.15, 0.2) is 24.3 Å². The lowest BCUT2D eigenvalue weighted by molar-refractivity contribution is -0.145. The van der Waals surface area contributed by atoms with E-state index in [4.69, 9.17) is 18.9 Å². The Labute approximate surface area is 463 Å². The number of aryl methyl sites for hydroxylation is 1. The van der Waals surface area contributed by atoms with Gasteiger partial charge in [-0.25, -0.2) is 18.0 Å². The molecular weight excluding hydrogens is 1080 g/mol. The van der Waals surface area contributed by atoms with Crippen molar-refractivity contribution in [2.75, 3.05) is 83.6 Å². The van der Waals surface area contributed by atoms with Crippen LogP contribution in [0.5, 0.6) is 0 Å². The first-order chi connectivity index (χ1) is 38.3. The molecule has 80 heavy (non-hydrogen) atoms. The highest BCUT2D eigenvalue weighted by Crippen LogP contribution is 2.14. The number of unbranched alkanes of at least 4 members (excludes halogenated alkanes) is 2. The van der Waals surface area contributed by atoms with Crippen LogP contribution in [0.3, 0.4) is 0 Å². The van der Waals surface area contributed by atoms with Crippen molar-refractivity contribution in [2.45, 2.75) is 128 Å². The largest absolute Gasteiger partial charge is 0.481 e. The SMILES string of the molecule is CCCCNc1ccc(C(=O)NCCCC[C@H](NC(=O)COCCOCCCC(=O)CCC(NC(=O)CC[C@H](CC(=O)COCCOCCNC(=O)CCCS(=O)(=O)NC(=O)CCCc2nn[nH]n2)C(=O)O)C(=O)O)C(=O)O)cc1. The molecule has 30 heteroatoms. The third-order valence-corrected chi connectivity index (χ3v) is 12.9. The monoisotopic (exact) mass is 1150 g/mol. The number of carboxylic acid groups (broad SMARTS) is 3. The summed E-state index contributed by atoms with van der Waals surface area (Å²) in [5.41, 5.74) is 1.43. The molecule has 0 bridgehead atoms. The van der Waals surface area contributed by atoms with Crippen molar-refractivity contribution >= 4 is 74.7 Å². The molecular formula is C50H78N10O19S. The second-order valence-corrected chi connectivity index (χ2v) is 20.2. The average Bonchev–Trinajstić information content (AvgIpc) is 3.93. The van der Waals surface area contributed by atoms with E-state index in [0.29, 0.717) is 43.6 Å². The third-order valence-electron chi connectivity index (χ3n) is 11.6. The first-order valence-electron chi connectivity index (χ1n) is 26.5. The van der Waals surface area contributed by atoms with E-state index in [1.807, 2.05) is 16.9 Å². The Hall–Kier alpha value is -7.02. The van der Waals surface area contributed by atoms with E-state index in [1.165, 1.54) is 0 Å². The zero-order valence-electron chi connectivity index (χ0n) is 45.2. The summed E-state index contributed by atoms with van der Waals surface area (Å²) >= 11 is 0. The molecule has 1 heterocycles. The first kappa shape index (κ1) is 69.1. The molecule has 29 nitrogen and oxygen atoms in total. The number of tetrazole rings is 1. The van der Waals surface area contributed by atoms with E-state index in [-0.39, 0.29) is 116 Å². The molecule has 0 aliphatic carbocycles. The summed E-state index contributed by atoms with van der Waals surface area (Å²) in [6.45, 7) is 2.76. The normalized spacial score (nSPS) is 12.3. The fraction of sp³-hybridized carbons (Fsp3) is 0.660. The fourth-order valence-corrected chi connectivity index (χ4v) is 8.31. The van der Waals surface area contributed by atoms with Crippen LogP contribution in [-0.4, -0.2) is 194 Å². The second kappa shape index (κ2) is 41.1. The number of H-pyrrole nitrogens is 1. The number of nitrogens with one attached hydrogen (secondary N) is 7. The van der Waals surface area contributed by atoms with Crippen LogP contribution >= 0.6 is 0 Å². The summed E-state index contributed by atoms with van der Waals surface area (Å²) in [7, 11) is -3.93. The number of Topliss-reactive ketones (excluding diaryl/α,β-unsaturated/α-hetero) is 2. The van der Waals surface area contributed by atoms with Gasteiger partial charge < -0.3 is 60.9 Å². The van der Waals surface area contributed by atoms with Crippen molar-refractivity contribution in [2.24, 2.45) is 5.92 Å². The first-order valence-corrected chi connectivity index (χ1v) is 28.2. The fourth-order valence-electron chi connectivity index (χ4n) is 7.23. The molecule has 448 valence electrons. The quantitative estimate of drug-likeness (QED) is 0.0402. The number of aromatic nitrogens is 4. The number of ketones is 2. The second-order valence-electron chi connectivity index (χ2n) is 18.3. The molecule has 10 N–H and O–H groups in total. The van der Waals surface area contributed by atoms with Crippen LogP contribution < -0.4 is 31.3 Å². The zero-order chi connectivity index (χ0) is 59.0. The summed E-state index contributed by atoms with van der Waals surface area (Å²) in [6.07, 6.45) is 2.35. The molecule has 0 saturated heterocycles. The predicted octanol–water partition coefficient (Wildman–Crippen LogP) is 0.452. The van der Waals surface area contributed by atoms with Crippen molar-refractivity contribution < 1.29 is 90.6 Å². The summed E-state index contributed by atoms with van der Waals surface area (Å²) < 4.78 is 47.5. The van der Waals surface area contributed by atoms with E-state index in [9.17, 15) is 71.7 Å². The number of ether oxygens (including phenoxy) is 4.